The molecular weight excluding hydrogens is 194 g/mol. The Morgan fingerprint density at radius 1 is 1.36 bits per heavy atom. The zero-order valence-corrected chi connectivity index (χ0v) is 9.46. The van der Waals surface area contributed by atoms with Crippen LogP contribution >= 0.6 is 0 Å². The minimum atomic E-state index is -0.859. The lowest BCUT2D eigenvalue weighted by molar-refractivity contribution is 0.615. The zero-order chi connectivity index (χ0) is 10.6. The molecule has 1 rings (SSSR count). The summed E-state index contributed by atoms with van der Waals surface area (Å²) in [5, 5.41) is 0.0531. The van der Waals surface area contributed by atoms with E-state index >= 15 is 0 Å². The van der Waals surface area contributed by atoms with E-state index in [4.69, 9.17) is 5.73 Å². The highest BCUT2D eigenvalue weighted by Gasteiger charge is 2.20. The van der Waals surface area contributed by atoms with Crippen molar-refractivity contribution in [3.8, 4) is 0 Å². The van der Waals surface area contributed by atoms with E-state index in [1.165, 1.54) is 0 Å². The van der Waals surface area contributed by atoms with Crippen molar-refractivity contribution in [1.29, 1.82) is 0 Å². The van der Waals surface area contributed by atoms with Gasteiger partial charge < -0.3 is 5.73 Å². The summed E-state index contributed by atoms with van der Waals surface area (Å²) in [4.78, 5) is 0. The third-order valence-corrected chi connectivity index (χ3v) is 3.89. The predicted octanol–water partition coefficient (Wildman–Crippen LogP) is 1.84. The van der Waals surface area contributed by atoms with Crippen LogP contribution in [0.5, 0.6) is 0 Å². The van der Waals surface area contributed by atoms with E-state index in [1.54, 1.807) is 6.26 Å². The van der Waals surface area contributed by atoms with Crippen molar-refractivity contribution >= 4 is 10.8 Å². The first-order valence-electron chi connectivity index (χ1n) is 4.79. The molecular formula is C11H17NOS. The van der Waals surface area contributed by atoms with Gasteiger partial charge in [-0.05, 0) is 12.0 Å². The van der Waals surface area contributed by atoms with Crippen LogP contribution in [0.2, 0.25) is 0 Å². The highest BCUT2D eigenvalue weighted by Crippen LogP contribution is 2.19. The van der Waals surface area contributed by atoms with Crippen molar-refractivity contribution in [3.63, 3.8) is 0 Å². The Labute approximate surface area is 88.0 Å². The molecule has 78 valence electrons. The van der Waals surface area contributed by atoms with Gasteiger partial charge in [0.1, 0.15) is 0 Å². The maximum absolute atomic E-state index is 11.4. The Bertz CT molecular complexity index is 299. The van der Waals surface area contributed by atoms with Crippen LogP contribution in [0.1, 0.15) is 24.9 Å². The van der Waals surface area contributed by atoms with Gasteiger partial charge in [0, 0.05) is 23.1 Å². The quantitative estimate of drug-likeness (QED) is 0.826. The molecule has 0 amide bonds. The molecule has 0 aliphatic heterocycles. The van der Waals surface area contributed by atoms with Crippen LogP contribution in [0.4, 0.5) is 0 Å². The molecule has 0 radical (unpaired) electrons. The topological polar surface area (TPSA) is 43.1 Å². The fraction of sp³-hybridized carbons (Fsp3) is 0.455. The van der Waals surface area contributed by atoms with Crippen LogP contribution in [0.25, 0.3) is 0 Å². The van der Waals surface area contributed by atoms with Crippen molar-refractivity contribution in [2.24, 2.45) is 5.73 Å². The summed E-state index contributed by atoms with van der Waals surface area (Å²) in [5.41, 5.74) is 7.12. The molecule has 0 aromatic heterocycles. The molecule has 2 N–H and O–H groups in total. The van der Waals surface area contributed by atoms with E-state index in [1.807, 2.05) is 37.3 Å². The van der Waals surface area contributed by atoms with Gasteiger partial charge in [-0.1, -0.05) is 37.3 Å². The highest BCUT2D eigenvalue weighted by atomic mass is 32.2. The molecule has 0 saturated carbocycles. The van der Waals surface area contributed by atoms with Gasteiger partial charge in [0.05, 0.1) is 5.25 Å². The minimum absolute atomic E-state index is 0.0531. The normalized spacial score (nSPS) is 17.4. The smallest absolute Gasteiger partial charge is 0.0535 e. The Hall–Kier alpha value is -0.670. The van der Waals surface area contributed by atoms with Gasteiger partial charge in [-0.25, -0.2) is 0 Å². The molecule has 1 aromatic carbocycles. The lowest BCUT2D eigenvalue weighted by atomic mass is 10.0. The summed E-state index contributed by atoms with van der Waals surface area (Å²) < 4.78 is 11.4. The molecule has 3 atom stereocenters. The Morgan fingerprint density at radius 2 is 1.93 bits per heavy atom. The SMILES string of the molecule is CCC(C(N)c1ccccc1)S(C)=O. The van der Waals surface area contributed by atoms with Gasteiger partial charge in [-0.3, -0.25) is 4.21 Å². The lowest BCUT2D eigenvalue weighted by Crippen LogP contribution is -2.29. The fourth-order valence-electron chi connectivity index (χ4n) is 1.59. The van der Waals surface area contributed by atoms with Crippen LogP contribution in [-0.4, -0.2) is 15.7 Å². The van der Waals surface area contributed by atoms with Gasteiger partial charge >= 0.3 is 0 Å². The molecule has 0 fully saturated rings. The zero-order valence-electron chi connectivity index (χ0n) is 8.64. The number of hydrogen-bond donors (Lipinski definition) is 1. The van der Waals surface area contributed by atoms with Crippen molar-refractivity contribution in [2.75, 3.05) is 6.26 Å². The molecule has 0 spiro atoms. The molecule has 1 aromatic rings. The van der Waals surface area contributed by atoms with E-state index in [0.717, 1.165) is 12.0 Å². The van der Waals surface area contributed by atoms with Crippen molar-refractivity contribution < 1.29 is 4.21 Å². The molecule has 0 heterocycles. The number of rotatable bonds is 4. The second kappa shape index (κ2) is 5.27. The van der Waals surface area contributed by atoms with E-state index in [0.29, 0.717) is 0 Å². The first-order valence-corrected chi connectivity index (χ1v) is 6.41. The maximum Gasteiger partial charge on any atom is 0.0535 e. The second-order valence-electron chi connectivity index (χ2n) is 3.38. The molecule has 0 saturated heterocycles. The Kier molecular flexibility index (Phi) is 4.29. The van der Waals surface area contributed by atoms with Crippen LogP contribution in [0, 0.1) is 0 Å². The summed E-state index contributed by atoms with van der Waals surface area (Å²) in [6.45, 7) is 2.02. The van der Waals surface area contributed by atoms with Crippen LogP contribution in [0.3, 0.4) is 0 Å². The fourth-order valence-corrected chi connectivity index (χ4v) is 2.62. The number of nitrogens with two attached hydrogens (primary N) is 1. The summed E-state index contributed by atoms with van der Waals surface area (Å²) in [6.07, 6.45) is 2.57. The van der Waals surface area contributed by atoms with Crippen molar-refractivity contribution in [3.05, 3.63) is 35.9 Å². The van der Waals surface area contributed by atoms with Crippen LogP contribution in [0.15, 0.2) is 30.3 Å². The summed E-state index contributed by atoms with van der Waals surface area (Å²) in [7, 11) is -0.859. The van der Waals surface area contributed by atoms with Crippen molar-refractivity contribution in [2.45, 2.75) is 24.6 Å². The average Bonchev–Trinajstić information content (AvgIpc) is 2.19. The van der Waals surface area contributed by atoms with E-state index in [-0.39, 0.29) is 11.3 Å². The summed E-state index contributed by atoms with van der Waals surface area (Å²) in [5.74, 6) is 0. The van der Waals surface area contributed by atoms with Crippen molar-refractivity contribution in [1.82, 2.24) is 0 Å². The van der Waals surface area contributed by atoms with Gasteiger partial charge in [-0.15, -0.1) is 0 Å². The van der Waals surface area contributed by atoms with Gasteiger partial charge in [-0.2, -0.15) is 0 Å². The van der Waals surface area contributed by atoms with Crippen LogP contribution < -0.4 is 5.73 Å². The molecule has 0 bridgehead atoms. The lowest BCUT2D eigenvalue weighted by Gasteiger charge is -2.20. The average molecular weight is 211 g/mol. The third-order valence-electron chi connectivity index (χ3n) is 2.41. The Balaban J connectivity index is 2.83. The van der Waals surface area contributed by atoms with E-state index in [2.05, 4.69) is 0 Å². The molecule has 14 heavy (non-hydrogen) atoms. The highest BCUT2D eigenvalue weighted by molar-refractivity contribution is 7.84. The predicted molar refractivity (Wildman–Crippen MR) is 61.5 cm³/mol. The number of hydrogen-bond acceptors (Lipinski definition) is 2. The van der Waals surface area contributed by atoms with E-state index < -0.39 is 10.8 Å². The number of benzene rings is 1. The summed E-state index contributed by atoms with van der Waals surface area (Å²) in [6, 6.07) is 9.73. The first kappa shape index (κ1) is 11.4. The minimum Gasteiger partial charge on any atom is -0.323 e. The third kappa shape index (κ3) is 2.66. The van der Waals surface area contributed by atoms with Gasteiger partial charge in [0.25, 0.3) is 0 Å². The maximum atomic E-state index is 11.4. The van der Waals surface area contributed by atoms with Crippen LogP contribution in [-0.2, 0) is 10.8 Å². The van der Waals surface area contributed by atoms with E-state index in [9.17, 15) is 4.21 Å². The molecule has 3 heteroatoms. The van der Waals surface area contributed by atoms with Gasteiger partial charge in [0.15, 0.2) is 0 Å². The second-order valence-corrected chi connectivity index (χ2v) is 4.98. The first-order chi connectivity index (χ1) is 6.66. The largest absolute Gasteiger partial charge is 0.323 e. The molecule has 3 unspecified atom stereocenters. The molecule has 2 nitrogen and oxygen atoms in total. The summed E-state index contributed by atoms with van der Waals surface area (Å²) >= 11 is 0. The molecule has 0 aliphatic carbocycles. The Morgan fingerprint density at radius 3 is 2.36 bits per heavy atom. The standard InChI is InChI=1S/C11H17NOS/c1-3-10(14(2)13)11(12)9-7-5-4-6-8-9/h4-8,10-11H,3,12H2,1-2H3. The van der Waals surface area contributed by atoms with Gasteiger partial charge in [0.2, 0.25) is 0 Å². The monoisotopic (exact) mass is 211 g/mol. The molecule has 0 aliphatic rings.